The molecule has 1 aliphatic heterocycles. The molecule has 1 aliphatic rings. The summed E-state index contributed by atoms with van der Waals surface area (Å²) in [5.74, 6) is 3.38. The van der Waals surface area contributed by atoms with Crippen molar-refractivity contribution in [1.29, 1.82) is 0 Å². The molecule has 1 aromatic heterocycles. The number of hydrogen-bond donors (Lipinski definition) is 2. The third kappa shape index (κ3) is 4.03. The molecule has 4 rings (SSSR count). The van der Waals surface area contributed by atoms with Crippen molar-refractivity contribution < 1.29 is 14.2 Å². The van der Waals surface area contributed by atoms with Crippen molar-refractivity contribution in [1.82, 2.24) is 9.97 Å². The Morgan fingerprint density at radius 3 is 2.74 bits per heavy atom. The summed E-state index contributed by atoms with van der Waals surface area (Å²) >= 11 is 0. The number of aromatic nitrogens is 2. The lowest BCUT2D eigenvalue weighted by Gasteiger charge is -2.19. The van der Waals surface area contributed by atoms with Crippen LogP contribution in [0.5, 0.6) is 17.2 Å². The first kappa shape index (κ1) is 17.0. The zero-order chi connectivity index (χ0) is 18.5. The molecule has 0 spiro atoms. The summed E-state index contributed by atoms with van der Waals surface area (Å²) in [5, 5.41) is 6.46. The minimum Gasteiger partial charge on any atom is -0.492 e. The zero-order valence-corrected chi connectivity index (χ0v) is 14.9. The molecule has 7 nitrogen and oxygen atoms in total. The third-order valence-electron chi connectivity index (χ3n) is 3.90. The lowest BCUT2D eigenvalue weighted by Crippen LogP contribution is -2.15. The first-order chi connectivity index (χ1) is 13.3. The first-order valence-corrected chi connectivity index (χ1v) is 8.80. The molecule has 2 aromatic carbocycles. The van der Waals surface area contributed by atoms with Gasteiger partial charge >= 0.3 is 0 Å². The third-order valence-corrected chi connectivity index (χ3v) is 3.90. The number of para-hydroxylation sites is 2. The molecule has 0 aliphatic carbocycles. The molecule has 0 unspecified atom stereocenters. The maximum atomic E-state index is 5.63. The van der Waals surface area contributed by atoms with Gasteiger partial charge in [-0.3, -0.25) is 0 Å². The van der Waals surface area contributed by atoms with Crippen molar-refractivity contribution in [3.8, 4) is 17.2 Å². The predicted molar refractivity (Wildman–Crippen MR) is 104 cm³/mol. The van der Waals surface area contributed by atoms with Crippen molar-refractivity contribution in [2.45, 2.75) is 6.92 Å². The van der Waals surface area contributed by atoms with Gasteiger partial charge in [0.15, 0.2) is 11.5 Å². The molecule has 2 heterocycles. The SMILES string of the molecule is CCOc1ccccc1Nc1nccc(Nc2ccc3c(c2)OCCO3)n1. The largest absolute Gasteiger partial charge is 0.492 e. The number of ether oxygens (including phenoxy) is 3. The Morgan fingerprint density at radius 2 is 1.85 bits per heavy atom. The van der Waals surface area contributed by atoms with Crippen molar-refractivity contribution in [2.75, 3.05) is 30.5 Å². The molecular weight excluding hydrogens is 344 g/mol. The highest BCUT2D eigenvalue weighted by atomic mass is 16.6. The second kappa shape index (κ2) is 7.82. The number of benzene rings is 2. The van der Waals surface area contributed by atoms with E-state index in [0.29, 0.717) is 31.6 Å². The van der Waals surface area contributed by atoms with E-state index in [9.17, 15) is 0 Å². The second-order valence-electron chi connectivity index (χ2n) is 5.80. The predicted octanol–water partition coefficient (Wildman–Crippen LogP) is 4.13. The lowest BCUT2D eigenvalue weighted by molar-refractivity contribution is 0.171. The van der Waals surface area contributed by atoms with Crippen LogP contribution in [0.25, 0.3) is 0 Å². The summed E-state index contributed by atoms with van der Waals surface area (Å²) < 4.78 is 16.8. The number of fused-ring (bicyclic) bond motifs is 1. The molecule has 0 saturated heterocycles. The molecule has 0 fully saturated rings. The quantitative estimate of drug-likeness (QED) is 0.681. The maximum absolute atomic E-state index is 5.63. The fourth-order valence-corrected chi connectivity index (χ4v) is 2.73. The van der Waals surface area contributed by atoms with Crippen molar-refractivity contribution in [2.24, 2.45) is 0 Å². The smallest absolute Gasteiger partial charge is 0.229 e. The summed E-state index contributed by atoms with van der Waals surface area (Å²) in [6, 6.07) is 15.2. The van der Waals surface area contributed by atoms with Crippen LogP contribution >= 0.6 is 0 Å². The van der Waals surface area contributed by atoms with Crippen LogP contribution in [0.1, 0.15) is 6.92 Å². The van der Waals surface area contributed by atoms with Crippen LogP contribution in [0.2, 0.25) is 0 Å². The number of nitrogens with zero attached hydrogens (tertiary/aromatic N) is 2. The van der Waals surface area contributed by atoms with E-state index < -0.39 is 0 Å². The first-order valence-electron chi connectivity index (χ1n) is 8.80. The fraction of sp³-hybridized carbons (Fsp3) is 0.200. The van der Waals surface area contributed by atoms with Crippen molar-refractivity contribution >= 4 is 23.1 Å². The average molecular weight is 364 g/mol. The molecule has 138 valence electrons. The monoisotopic (exact) mass is 364 g/mol. The highest BCUT2D eigenvalue weighted by molar-refractivity contribution is 5.65. The van der Waals surface area contributed by atoms with Crippen LogP contribution in [0, 0.1) is 0 Å². The summed E-state index contributed by atoms with van der Waals surface area (Å²) in [4.78, 5) is 8.80. The summed E-state index contributed by atoms with van der Waals surface area (Å²) in [6.07, 6.45) is 1.69. The van der Waals surface area contributed by atoms with Gasteiger partial charge in [0.2, 0.25) is 5.95 Å². The van der Waals surface area contributed by atoms with Crippen LogP contribution in [0.3, 0.4) is 0 Å². The molecule has 0 atom stereocenters. The van der Waals surface area contributed by atoms with Crippen LogP contribution in [0.15, 0.2) is 54.7 Å². The van der Waals surface area contributed by atoms with E-state index in [-0.39, 0.29) is 0 Å². The molecule has 0 amide bonds. The van der Waals surface area contributed by atoms with E-state index in [2.05, 4.69) is 20.6 Å². The minimum atomic E-state index is 0.477. The lowest BCUT2D eigenvalue weighted by atomic mass is 10.2. The molecule has 2 N–H and O–H groups in total. The molecule has 0 bridgehead atoms. The number of hydrogen-bond acceptors (Lipinski definition) is 7. The summed E-state index contributed by atoms with van der Waals surface area (Å²) in [6.45, 7) is 3.66. The Hall–Kier alpha value is -3.48. The fourth-order valence-electron chi connectivity index (χ4n) is 2.73. The molecule has 0 saturated carbocycles. The van der Waals surface area contributed by atoms with Gasteiger partial charge in [-0.2, -0.15) is 4.98 Å². The van der Waals surface area contributed by atoms with Crippen LogP contribution in [0.4, 0.5) is 23.1 Å². The van der Waals surface area contributed by atoms with Crippen LogP contribution in [-0.4, -0.2) is 29.8 Å². The maximum Gasteiger partial charge on any atom is 0.229 e. The van der Waals surface area contributed by atoms with Gasteiger partial charge in [0.05, 0.1) is 12.3 Å². The number of anilines is 4. The molecule has 0 radical (unpaired) electrons. The Kier molecular flexibility index (Phi) is 4.91. The molecule has 27 heavy (non-hydrogen) atoms. The Morgan fingerprint density at radius 1 is 1.00 bits per heavy atom. The van der Waals surface area contributed by atoms with Gasteiger partial charge in [-0.15, -0.1) is 0 Å². The van der Waals surface area contributed by atoms with E-state index >= 15 is 0 Å². The van der Waals surface area contributed by atoms with Crippen LogP contribution < -0.4 is 24.8 Å². The Balaban J connectivity index is 1.51. The van der Waals surface area contributed by atoms with Gasteiger partial charge in [-0.1, -0.05) is 12.1 Å². The summed E-state index contributed by atoms with van der Waals surface area (Å²) in [5.41, 5.74) is 1.68. The Bertz CT molecular complexity index is 933. The van der Waals surface area contributed by atoms with Gasteiger partial charge in [-0.05, 0) is 37.3 Å². The van der Waals surface area contributed by atoms with E-state index in [1.165, 1.54) is 0 Å². The molecular formula is C20H20N4O3. The van der Waals surface area contributed by atoms with E-state index in [4.69, 9.17) is 14.2 Å². The van der Waals surface area contributed by atoms with Gasteiger partial charge in [0.25, 0.3) is 0 Å². The normalized spacial score (nSPS) is 12.3. The second-order valence-corrected chi connectivity index (χ2v) is 5.80. The molecule has 7 heteroatoms. The minimum absolute atomic E-state index is 0.477. The van der Waals surface area contributed by atoms with E-state index in [1.807, 2.05) is 49.4 Å². The van der Waals surface area contributed by atoms with Gasteiger partial charge in [0.1, 0.15) is 24.8 Å². The van der Waals surface area contributed by atoms with Crippen molar-refractivity contribution in [3.05, 3.63) is 54.7 Å². The van der Waals surface area contributed by atoms with E-state index in [1.54, 1.807) is 12.3 Å². The van der Waals surface area contributed by atoms with Gasteiger partial charge in [-0.25, -0.2) is 4.98 Å². The van der Waals surface area contributed by atoms with E-state index in [0.717, 1.165) is 28.6 Å². The average Bonchev–Trinajstić information content (AvgIpc) is 2.70. The highest BCUT2D eigenvalue weighted by Crippen LogP contribution is 2.33. The summed E-state index contributed by atoms with van der Waals surface area (Å²) in [7, 11) is 0. The molecule has 3 aromatic rings. The number of rotatable bonds is 6. The van der Waals surface area contributed by atoms with Crippen LogP contribution in [-0.2, 0) is 0 Å². The van der Waals surface area contributed by atoms with Gasteiger partial charge in [0, 0.05) is 18.0 Å². The Labute approximate surface area is 157 Å². The highest BCUT2D eigenvalue weighted by Gasteiger charge is 2.12. The standard InChI is InChI=1S/C20H20N4O3/c1-2-25-16-6-4-3-5-15(16)23-20-21-10-9-19(24-20)22-14-7-8-17-18(13-14)27-12-11-26-17/h3-10,13H,2,11-12H2,1H3,(H2,21,22,23,24). The number of nitrogens with one attached hydrogen (secondary N) is 2. The van der Waals surface area contributed by atoms with Crippen molar-refractivity contribution in [3.63, 3.8) is 0 Å². The topological polar surface area (TPSA) is 77.5 Å². The zero-order valence-electron chi connectivity index (χ0n) is 14.9. The van der Waals surface area contributed by atoms with Gasteiger partial charge < -0.3 is 24.8 Å².